The third-order valence-electron chi connectivity index (χ3n) is 2.73. The lowest BCUT2D eigenvalue weighted by Crippen LogP contribution is -1.97. The number of allylic oxidation sites excluding steroid dienone is 1. The lowest BCUT2D eigenvalue weighted by molar-refractivity contribution is 0.350. The minimum Gasteiger partial charge on any atom is -0.384 e. The smallest absolute Gasteiger partial charge is 0.201 e. The highest BCUT2D eigenvalue weighted by Gasteiger charge is 2.12. The number of hydrogen-bond donors (Lipinski definition) is 1. The van der Waals surface area contributed by atoms with Crippen molar-refractivity contribution in [1.29, 1.82) is 0 Å². The largest absolute Gasteiger partial charge is 0.384 e. The van der Waals surface area contributed by atoms with E-state index in [0.717, 1.165) is 5.41 Å². The summed E-state index contributed by atoms with van der Waals surface area (Å²) in [7, 11) is -3.58. The molecule has 3 nitrogen and oxygen atoms in total. The van der Waals surface area contributed by atoms with Crippen molar-refractivity contribution in [3.05, 3.63) is 71.6 Å². The van der Waals surface area contributed by atoms with Gasteiger partial charge in [-0.15, -0.1) is 0 Å². The number of rotatable bonds is 3. The minimum atomic E-state index is -3.58. The topological polar surface area (TPSA) is 54.4 Å². The van der Waals surface area contributed by atoms with Gasteiger partial charge in [0.05, 0.1) is 10.3 Å². The van der Waals surface area contributed by atoms with Gasteiger partial charge < -0.3 is 5.11 Å². The molecule has 0 unspecified atom stereocenters. The summed E-state index contributed by atoms with van der Waals surface area (Å²) in [6.45, 7) is -0.324. The SMILES string of the molecule is O=S(=O)(/C=C(/C#CCO)c1ccccc1)c1ccccc1. The predicted molar refractivity (Wildman–Crippen MR) is 82.9 cm³/mol. The van der Waals surface area contributed by atoms with Gasteiger partial charge in [-0.05, 0) is 17.7 Å². The summed E-state index contributed by atoms with van der Waals surface area (Å²) in [5.74, 6) is 5.19. The van der Waals surface area contributed by atoms with Crippen LogP contribution in [0.4, 0.5) is 0 Å². The highest BCUT2D eigenvalue weighted by atomic mass is 32.2. The summed E-state index contributed by atoms with van der Waals surface area (Å²) < 4.78 is 24.7. The van der Waals surface area contributed by atoms with Gasteiger partial charge in [0.1, 0.15) is 6.61 Å². The van der Waals surface area contributed by atoms with Crippen molar-refractivity contribution in [2.24, 2.45) is 0 Å². The summed E-state index contributed by atoms with van der Waals surface area (Å²) in [6.07, 6.45) is 0. The van der Waals surface area contributed by atoms with Crippen LogP contribution in [0.25, 0.3) is 5.57 Å². The van der Waals surface area contributed by atoms with E-state index in [1.165, 1.54) is 12.1 Å². The van der Waals surface area contributed by atoms with E-state index < -0.39 is 9.84 Å². The van der Waals surface area contributed by atoms with Gasteiger partial charge in [0.15, 0.2) is 0 Å². The summed E-state index contributed by atoms with van der Waals surface area (Å²) in [5, 5.41) is 9.97. The molecule has 0 bridgehead atoms. The molecule has 0 saturated heterocycles. The number of aliphatic hydroxyl groups is 1. The Balaban J connectivity index is 2.51. The molecule has 0 spiro atoms. The van der Waals surface area contributed by atoms with Crippen LogP contribution >= 0.6 is 0 Å². The Morgan fingerprint density at radius 2 is 1.57 bits per heavy atom. The third-order valence-corrected chi connectivity index (χ3v) is 4.21. The monoisotopic (exact) mass is 298 g/mol. The Hall–Kier alpha value is -2.35. The lowest BCUT2D eigenvalue weighted by atomic mass is 10.1. The fraction of sp³-hybridized carbons (Fsp3) is 0.0588. The first kappa shape index (κ1) is 15.0. The molecular formula is C17H14O3S. The second-order valence-corrected chi connectivity index (χ2v) is 6.01. The van der Waals surface area contributed by atoms with E-state index in [0.29, 0.717) is 11.1 Å². The molecule has 0 aromatic heterocycles. The Labute approximate surface area is 124 Å². The van der Waals surface area contributed by atoms with Gasteiger partial charge in [0, 0.05) is 5.57 Å². The van der Waals surface area contributed by atoms with Gasteiger partial charge in [-0.3, -0.25) is 0 Å². The summed E-state index contributed by atoms with van der Waals surface area (Å²) in [5.41, 5.74) is 1.05. The van der Waals surface area contributed by atoms with Crippen LogP contribution in [0.1, 0.15) is 5.56 Å². The van der Waals surface area contributed by atoms with Crippen molar-refractivity contribution in [2.75, 3.05) is 6.61 Å². The maximum atomic E-state index is 12.4. The number of hydrogen-bond acceptors (Lipinski definition) is 3. The molecule has 0 heterocycles. The molecule has 21 heavy (non-hydrogen) atoms. The van der Waals surface area contributed by atoms with E-state index in [2.05, 4.69) is 11.8 Å². The maximum Gasteiger partial charge on any atom is 0.201 e. The molecule has 0 fully saturated rings. The van der Waals surface area contributed by atoms with Gasteiger partial charge in [0.2, 0.25) is 9.84 Å². The zero-order valence-electron chi connectivity index (χ0n) is 11.2. The fourth-order valence-electron chi connectivity index (χ4n) is 1.76. The fourth-order valence-corrected chi connectivity index (χ4v) is 2.93. The second kappa shape index (κ2) is 6.89. The minimum absolute atomic E-state index is 0.212. The molecule has 2 aromatic rings. The van der Waals surface area contributed by atoms with Gasteiger partial charge in [-0.1, -0.05) is 60.4 Å². The van der Waals surface area contributed by atoms with E-state index in [9.17, 15) is 8.42 Å². The van der Waals surface area contributed by atoms with Crippen LogP contribution in [0.3, 0.4) is 0 Å². The molecule has 0 aliphatic heterocycles. The highest BCUT2D eigenvalue weighted by molar-refractivity contribution is 7.94. The summed E-state index contributed by atoms with van der Waals surface area (Å²) >= 11 is 0. The zero-order chi connectivity index (χ0) is 15.1. The van der Waals surface area contributed by atoms with Crippen molar-refractivity contribution in [3.8, 4) is 11.8 Å². The molecule has 0 aliphatic rings. The van der Waals surface area contributed by atoms with E-state index >= 15 is 0 Å². The van der Waals surface area contributed by atoms with Crippen molar-refractivity contribution >= 4 is 15.4 Å². The first-order chi connectivity index (χ1) is 10.1. The van der Waals surface area contributed by atoms with Crippen LogP contribution in [0.2, 0.25) is 0 Å². The summed E-state index contributed by atoms with van der Waals surface area (Å²) in [6, 6.07) is 17.2. The lowest BCUT2D eigenvalue weighted by Gasteiger charge is -2.02. The van der Waals surface area contributed by atoms with E-state index in [4.69, 9.17) is 5.11 Å². The Morgan fingerprint density at radius 3 is 2.14 bits per heavy atom. The number of benzene rings is 2. The van der Waals surface area contributed by atoms with E-state index in [1.807, 2.05) is 6.07 Å². The van der Waals surface area contributed by atoms with Gasteiger partial charge in [-0.2, -0.15) is 0 Å². The van der Waals surface area contributed by atoms with Crippen molar-refractivity contribution < 1.29 is 13.5 Å². The predicted octanol–water partition coefficient (Wildman–Crippen LogP) is 2.50. The Bertz CT molecular complexity index is 780. The first-order valence-electron chi connectivity index (χ1n) is 6.30. The van der Waals surface area contributed by atoms with Gasteiger partial charge in [-0.25, -0.2) is 8.42 Å². The van der Waals surface area contributed by atoms with Crippen LogP contribution < -0.4 is 0 Å². The average Bonchev–Trinajstić information content (AvgIpc) is 2.53. The summed E-state index contributed by atoms with van der Waals surface area (Å²) in [4.78, 5) is 0.212. The van der Waals surface area contributed by atoms with Crippen molar-refractivity contribution in [1.82, 2.24) is 0 Å². The molecule has 0 saturated carbocycles. The average molecular weight is 298 g/mol. The zero-order valence-corrected chi connectivity index (χ0v) is 12.0. The molecule has 1 N–H and O–H groups in total. The first-order valence-corrected chi connectivity index (χ1v) is 7.85. The molecule has 2 aromatic carbocycles. The van der Waals surface area contributed by atoms with Crippen LogP contribution in [0, 0.1) is 11.8 Å². The second-order valence-electron chi connectivity index (χ2n) is 4.22. The third kappa shape index (κ3) is 4.06. The van der Waals surface area contributed by atoms with E-state index in [-0.39, 0.29) is 11.5 Å². The Kier molecular flexibility index (Phi) is 4.94. The molecule has 0 aliphatic carbocycles. The molecular weight excluding hydrogens is 284 g/mol. The molecule has 4 heteroatoms. The normalized spacial score (nSPS) is 11.6. The van der Waals surface area contributed by atoms with Gasteiger partial charge in [0.25, 0.3) is 0 Å². The van der Waals surface area contributed by atoms with Crippen LogP contribution in [-0.2, 0) is 9.84 Å². The standard InChI is InChI=1S/C17H14O3S/c18-13-7-10-16(15-8-3-1-4-9-15)14-21(19,20)17-11-5-2-6-12-17/h1-6,8-9,11-12,14,18H,13H2/b16-14-. The number of aliphatic hydroxyl groups excluding tert-OH is 1. The van der Waals surface area contributed by atoms with Crippen LogP contribution in [0.15, 0.2) is 71.0 Å². The van der Waals surface area contributed by atoms with Crippen LogP contribution in [-0.4, -0.2) is 20.1 Å². The highest BCUT2D eigenvalue weighted by Crippen LogP contribution is 2.19. The molecule has 2 rings (SSSR count). The molecule has 0 atom stereocenters. The van der Waals surface area contributed by atoms with E-state index in [1.54, 1.807) is 42.5 Å². The maximum absolute atomic E-state index is 12.4. The van der Waals surface area contributed by atoms with Crippen molar-refractivity contribution in [2.45, 2.75) is 4.90 Å². The van der Waals surface area contributed by atoms with Crippen LogP contribution in [0.5, 0.6) is 0 Å². The molecule has 0 amide bonds. The molecule has 106 valence electrons. The quantitative estimate of drug-likeness (QED) is 0.886. The Morgan fingerprint density at radius 1 is 1.00 bits per heavy atom. The molecule has 0 radical (unpaired) electrons. The van der Waals surface area contributed by atoms with Gasteiger partial charge >= 0.3 is 0 Å². The number of sulfone groups is 1. The van der Waals surface area contributed by atoms with Crippen molar-refractivity contribution in [3.63, 3.8) is 0 Å².